The van der Waals surface area contributed by atoms with Gasteiger partial charge in [0.05, 0.1) is 0 Å². The van der Waals surface area contributed by atoms with Crippen molar-refractivity contribution in [1.82, 2.24) is 0 Å². The number of allylic oxidation sites excluding steroid dienone is 2. The summed E-state index contributed by atoms with van der Waals surface area (Å²) in [4.78, 5) is 0. The van der Waals surface area contributed by atoms with Gasteiger partial charge in [0.25, 0.3) is 0 Å². The number of unbranched alkanes of at least 4 members (excludes halogenated alkanes) is 9. The molecule has 0 aromatic rings. The van der Waals surface area contributed by atoms with Crippen LogP contribution in [0.15, 0.2) is 12.2 Å². The molecule has 0 aliphatic heterocycles. The van der Waals surface area contributed by atoms with Crippen molar-refractivity contribution in [3.05, 3.63) is 12.2 Å². The first-order chi connectivity index (χ1) is 8.91. The zero-order valence-corrected chi connectivity index (χ0v) is 12.8. The first-order valence-corrected chi connectivity index (χ1v) is 8.14. The molecule has 0 fully saturated rings. The molecule has 0 aromatic heterocycles. The lowest BCUT2D eigenvalue weighted by molar-refractivity contribution is 0.595. The molecular formula is C17H29Cl. The Morgan fingerprint density at radius 3 is 2.22 bits per heavy atom. The van der Waals surface area contributed by atoms with Crippen LogP contribution in [0, 0.1) is 11.8 Å². The van der Waals surface area contributed by atoms with E-state index in [1.165, 1.54) is 64.2 Å². The van der Waals surface area contributed by atoms with E-state index in [0.29, 0.717) is 0 Å². The van der Waals surface area contributed by atoms with Crippen LogP contribution in [0.25, 0.3) is 0 Å². The molecule has 0 unspecified atom stereocenters. The molecule has 1 heteroatoms. The van der Waals surface area contributed by atoms with Crippen LogP contribution in [-0.4, -0.2) is 5.88 Å². The monoisotopic (exact) mass is 268 g/mol. The third-order valence-electron chi connectivity index (χ3n) is 2.96. The Kier molecular flexibility index (Phi) is 16.2. The minimum absolute atomic E-state index is 0.821. The highest BCUT2D eigenvalue weighted by Crippen LogP contribution is 2.08. The summed E-state index contributed by atoms with van der Waals surface area (Å²) in [5, 5.41) is 0. The average molecular weight is 269 g/mol. The fourth-order valence-electron chi connectivity index (χ4n) is 1.79. The van der Waals surface area contributed by atoms with Crippen molar-refractivity contribution in [2.75, 3.05) is 5.88 Å². The summed E-state index contributed by atoms with van der Waals surface area (Å²) in [6, 6.07) is 0. The zero-order valence-electron chi connectivity index (χ0n) is 12.0. The lowest BCUT2D eigenvalue weighted by Gasteiger charge is -1.98. The summed E-state index contributed by atoms with van der Waals surface area (Å²) in [5.41, 5.74) is 0. The highest BCUT2D eigenvalue weighted by molar-refractivity contribution is 6.17. The Labute approximate surface area is 119 Å². The molecule has 0 aromatic carbocycles. The van der Waals surface area contributed by atoms with Gasteiger partial charge in [0.2, 0.25) is 0 Å². The van der Waals surface area contributed by atoms with Crippen LogP contribution in [0.2, 0.25) is 0 Å². The van der Waals surface area contributed by atoms with Crippen LogP contribution in [0.5, 0.6) is 0 Å². The molecule has 0 saturated heterocycles. The van der Waals surface area contributed by atoms with Crippen molar-refractivity contribution in [3.8, 4) is 11.8 Å². The van der Waals surface area contributed by atoms with Crippen molar-refractivity contribution < 1.29 is 0 Å². The Morgan fingerprint density at radius 2 is 1.56 bits per heavy atom. The number of halogens is 1. The van der Waals surface area contributed by atoms with Gasteiger partial charge in [0.1, 0.15) is 0 Å². The van der Waals surface area contributed by atoms with Gasteiger partial charge < -0.3 is 0 Å². The van der Waals surface area contributed by atoms with Gasteiger partial charge in [-0.2, -0.15) is 0 Å². The quantitative estimate of drug-likeness (QED) is 0.241. The van der Waals surface area contributed by atoms with Crippen LogP contribution in [0.3, 0.4) is 0 Å². The summed E-state index contributed by atoms with van der Waals surface area (Å²) < 4.78 is 0. The van der Waals surface area contributed by atoms with Gasteiger partial charge in [-0.15, -0.1) is 11.6 Å². The number of rotatable bonds is 11. The van der Waals surface area contributed by atoms with E-state index in [0.717, 1.165) is 12.3 Å². The Morgan fingerprint density at radius 1 is 0.889 bits per heavy atom. The molecule has 0 aliphatic carbocycles. The van der Waals surface area contributed by atoms with Crippen molar-refractivity contribution in [3.63, 3.8) is 0 Å². The summed E-state index contributed by atoms with van der Waals surface area (Å²) in [6.45, 7) is 2.22. The fraction of sp³-hybridized carbons (Fsp3) is 0.765. The van der Waals surface area contributed by atoms with Gasteiger partial charge in [0.15, 0.2) is 0 Å². The smallest absolute Gasteiger partial charge is 0.0223 e. The summed E-state index contributed by atoms with van der Waals surface area (Å²) in [5.74, 6) is 7.16. The lowest BCUT2D eigenvalue weighted by atomic mass is 10.1. The van der Waals surface area contributed by atoms with E-state index in [1.54, 1.807) is 0 Å². The SMILES string of the molecule is CCCCC=CC#CCCCCCCCCCCl. The van der Waals surface area contributed by atoms with E-state index in [-0.39, 0.29) is 0 Å². The van der Waals surface area contributed by atoms with Gasteiger partial charge in [-0.25, -0.2) is 0 Å². The second-order valence-electron chi connectivity index (χ2n) is 4.78. The summed E-state index contributed by atoms with van der Waals surface area (Å²) in [7, 11) is 0. The van der Waals surface area contributed by atoms with Gasteiger partial charge in [-0.1, -0.05) is 69.8 Å². The maximum Gasteiger partial charge on any atom is 0.0223 e. The Balaban J connectivity index is 3.15. The third-order valence-corrected chi connectivity index (χ3v) is 3.23. The van der Waals surface area contributed by atoms with Crippen molar-refractivity contribution in [2.45, 2.75) is 77.6 Å². The third kappa shape index (κ3) is 15.6. The highest BCUT2D eigenvalue weighted by Gasteiger charge is 1.90. The molecule has 0 nitrogen and oxygen atoms in total. The number of alkyl halides is 1. The maximum absolute atomic E-state index is 5.63. The Bertz CT molecular complexity index is 232. The molecule has 18 heavy (non-hydrogen) atoms. The number of hydrogen-bond donors (Lipinski definition) is 0. The topological polar surface area (TPSA) is 0 Å². The summed E-state index contributed by atoms with van der Waals surface area (Å²) in [6.07, 6.45) is 18.1. The molecule has 0 N–H and O–H groups in total. The van der Waals surface area contributed by atoms with Crippen molar-refractivity contribution in [1.29, 1.82) is 0 Å². The van der Waals surface area contributed by atoms with E-state index < -0.39 is 0 Å². The molecule has 0 spiro atoms. The second-order valence-corrected chi connectivity index (χ2v) is 5.16. The second kappa shape index (κ2) is 16.6. The van der Waals surface area contributed by atoms with E-state index in [2.05, 4.69) is 24.8 Å². The van der Waals surface area contributed by atoms with E-state index >= 15 is 0 Å². The summed E-state index contributed by atoms with van der Waals surface area (Å²) >= 11 is 5.63. The largest absolute Gasteiger partial charge is 0.127 e. The van der Waals surface area contributed by atoms with Crippen LogP contribution in [-0.2, 0) is 0 Å². The van der Waals surface area contributed by atoms with Crippen LogP contribution in [0.4, 0.5) is 0 Å². The molecule has 0 rings (SSSR count). The van der Waals surface area contributed by atoms with Crippen molar-refractivity contribution in [2.24, 2.45) is 0 Å². The molecule has 0 radical (unpaired) electrons. The van der Waals surface area contributed by atoms with Crippen LogP contribution in [0.1, 0.15) is 77.6 Å². The molecule has 0 saturated carbocycles. The van der Waals surface area contributed by atoms with Gasteiger partial charge in [-0.3, -0.25) is 0 Å². The maximum atomic E-state index is 5.63. The first-order valence-electron chi connectivity index (χ1n) is 7.61. The molecule has 0 amide bonds. The van der Waals surface area contributed by atoms with Gasteiger partial charge in [-0.05, 0) is 25.3 Å². The van der Waals surface area contributed by atoms with E-state index in [1.807, 2.05) is 6.08 Å². The van der Waals surface area contributed by atoms with Crippen LogP contribution < -0.4 is 0 Å². The minimum Gasteiger partial charge on any atom is -0.127 e. The van der Waals surface area contributed by atoms with Gasteiger partial charge >= 0.3 is 0 Å². The molecule has 0 bridgehead atoms. The molecule has 0 heterocycles. The van der Waals surface area contributed by atoms with Crippen LogP contribution >= 0.6 is 11.6 Å². The molecular weight excluding hydrogens is 240 g/mol. The average Bonchev–Trinajstić information content (AvgIpc) is 2.39. The predicted octanol–water partition coefficient (Wildman–Crippen LogP) is 6.10. The molecule has 0 aliphatic rings. The lowest BCUT2D eigenvalue weighted by Crippen LogP contribution is -1.81. The van der Waals surface area contributed by atoms with Crippen molar-refractivity contribution >= 4 is 11.6 Å². The highest BCUT2D eigenvalue weighted by atomic mass is 35.5. The first kappa shape index (κ1) is 17.6. The Hall–Kier alpha value is -0.410. The fourth-order valence-corrected chi connectivity index (χ4v) is 1.98. The number of hydrogen-bond acceptors (Lipinski definition) is 0. The van der Waals surface area contributed by atoms with E-state index in [4.69, 9.17) is 11.6 Å². The zero-order chi connectivity index (χ0) is 13.3. The molecule has 0 atom stereocenters. The minimum atomic E-state index is 0.821. The molecule has 104 valence electrons. The van der Waals surface area contributed by atoms with Gasteiger partial charge in [0, 0.05) is 12.3 Å². The normalized spacial score (nSPS) is 10.6. The standard InChI is InChI=1S/C17H29Cl/c1-2-3-4-5-6-7-8-9-10-11-12-13-14-15-16-17-18/h5-6H,2-4,9-17H2,1H3. The van der Waals surface area contributed by atoms with E-state index in [9.17, 15) is 0 Å². The predicted molar refractivity (Wildman–Crippen MR) is 84.1 cm³/mol.